The van der Waals surface area contributed by atoms with Crippen molar-refractivity contribution in [1.82, 2.24) is 24.3 Å². The van der Waals surface area contributed by atoms with Gasteiger partial charge in [0.15, 0.2) is 0 Å². The number of hydrogen-bond acceptors (Lipinski definition) is 5. The van der Waals surface area contributed by atoms with Crippen LogP contribution in [0.4, 0.5) is 5.82 Å². The van der Waals surface area contributed by atoms with Gasteiger partial charge >= 0.3 is 0 Å². The monoisotopic (exact) mass is 352 g/mol. The summed E-state index contributed by atoms with van der Waals surface area (Å²) in [7, 11) is -2.15. The molecule has 1 fully saturated rings. The van der Waals surface area contributed by atoms with E-state index in [0.717, 1.165) is 0 Å². The summed E-state index contributed by atoms with van der Waals surface area (Å²) in [4.78, 5) is 14.4. The molecule has 0 bridgehead atoms. The standard InChI is InChI=1S/C14H20N6O3S/c1-3-20-13(6-7-15-20)19-8-4-5-12(14(19)21)17-24(22,23)11-9-16-18(2)10-11/h6-7,9-10,12,17H,3-5,8H2,1-2H3/t12-/m0/s1. The lowest BCUT2D eigenvalue weighted by Gasteiger charge is -2.32. The summed E-state index contributed by atoms with van der Waals surface area (Å²) in [5.74, 6) is 0.427. The van der Waals surface area contributed by atoms with Crippen molar-refractivity contribution in [3.8, 4) is 0 Å². The molecule has 1 aliphatic rings. The van der Waals surface area contributed by atoms with Crippen molar-refractivity contribution in [2.45, 2.75) is 37.2 Å². The highest BCUT2D eigenvalue weighted by Gasteiger charge is 2.34. The second-order valence-corrected chi connectivity index (χ2v) is 7.37. The Hall–Kier alpha value is -2.20. The molecule has 0 radical (unpaired) electrons. The molecule has 1 N–H and O–H groups in total. The van der Waals surface area contributed by atoms with E-state index in [1.807, 2.05) is 6.92 Å². The maximum atomic E-state index is 12.7. The van der Waals surface area contributed by atoms with Gasteiger partial charge in [-0.05, 0) is 19.8 Å². The van der Waals surface area contributed by atoms with Gasteiger partial charge in [0, 0.05) is 32.4 Å². The molecule has 3 rings (SSSR count). The molecular weight excluding hydrogens is 332 g/mol. The molecule has 0 saturated carbocycles. The third kappa shape index (κ3) is 3.06. The lowest BCUT2D eigenvalue weighted by Crippen LogP contribution is -2.52. The summed E-state index contributed by atoms with van der Waals surface area (Å²) in [6.45, 7) is 3.13. The number of piperidine rings is 1. The van der Waals surface area contributed by atoms with E-state index in [0.29, 0.717) is 31.7 Å². The molecule has 0 unspecified atom stereocenters. The van der Waals surface area contributed by atoms with Crippen LogP contribution in [0.5, 0.6) is 0 Å². The van der Waals surface area contributed by atoms with Crippen molar-refractivity contribution in [2.24, 2.45) is 7.05 Å². The Morgan fingerprint density at radius 2 is 2.17 bits per heavy atom. The molecule has 24 heavy (non-hydrogen) atoms. The fraction of sp³-hybridized carbons (Fsp3) is 0.500. The lowest BCUT2D eigenvalue weighted by atomic mass is 10.1. The first kappa shape index (κ1) is 16.7. The normalized spacial score (nSPS) is 19.0. The molecule has 1 saturated heterocycles. The van der Waals surface area contributed by atoms with Gasteiger partial charge in [0.2, 0.25) is 15.9 Å². The Labute approximate surface area is 140 Å². The molecule has 2 aromatic rings. The first-order valence-corrected chi connectivity index (χ1v) is 9.25. The molecule has 3 heterocycles. The summed E-state index contributed by atoms with van der Waals surface area (Å²) in [6, 6.07) is 0.975. The third-order valence-electron chi connectivity index (χ3n) is 4.00. The fourth-order valence-electron chi connectivity index (χ4n) is 2.80. The van der Waals surface area contributed by atoms with Gasteiger partial charge in [-0.25, -0.2) is 13.1 Å². The number of anilines is 1. The minimum atomic E-state index is -3.78. The maximum absolute atomic E-state index is 12.7. The molecule has 1 aliphatic heterocycles. The highest BCUT2D eigenvalue weighted by Crippen LogP contribution is 2.22. The number of aromatic nitrogens is 4. The van der Waals surface area contributed by atoms with E-state index < -0.39 is 16.1 Å². The minimum absolute atomic E-state index is 0.0496. The van der Waals surface area contributed by atoms with Gasteiger partial charge in [-0.1, -0.05) is 0 Å². The average Bonchev–Trinajstić information content (AvgIpc) is 3.18. The lowest BCUT2D eigenvalue weighted by molar-refractivity contribution is -0.121. The maximum Gasteiger partial charge on any atom is 0.246 e. The van der Waals surface area contributed by atoms with Crippen molar-refractivity contribution >= 4 is 21.7 Å². The number of hydrogen-bond donors (Lipinski definition) is 1. The summed E-state index contributed by atoms with van der Waals surface area (Å²) in [6.07, 6.45) is 5.48. The van der Waals surface area contributed by atoms with Crippen LogP contribution in [0.2, 0.25) is 0 Å². The Kier molecular flexibility index (Phi) is 4.41. The quantitative estimate of drug-likeness (QED) is 0.823. The molecule has 2 aromatic heterocycles. The number of aryl methyl sites for hydroxylation is 2. The number of nitrogens with zero attached hydrogens (tertiary/aromatic N) is 5. The Balaban J connectivity index is 1.81. The first-order chi connectivity index (χ1) is 11.4. The summed E-state index contributed by atoms with van der Waals surface area (Å²) in [5.41, 5.74) is 0. The molecule has 9 nitrogen and oxygen atoms in total. The van der Waals surface area contributed by atoms with Gasteiger partial charge in [0.05, 0.1) is 12.4 Å². The van der Waals surface area contributed by atoms with E-state index >= 15 is 0 Å². The van der Waals surface area contributed by atoms with E-state index in [2.05, 4.69) is 14.9 Å². The number of rotatable bonds is 5. The smallest absolute Gasteiger partial charge is 0.246 e. The molecule has 130 valence electrons. The van der Waals surface area contributed by atoms with E-state index in [1.165, 1.54) is 17.1 Å². The van der Waals surface area contributed by atoms with Crippen LogP contribution in [-0.2, 0) is 28.4 Å². The van der Waals surface area contributed by atoms with Crippen LogP contribution in [0.3, 0.4) is 0 Å². The van der Waals surface area contributed by atoms with E-state index in [1.54, 1.807) is 28.9 Å². The van der Waals surface area contributed by atoms with E-state index in [4.69, 9.17) is 0 Å². The number of sulfonamides is 1. The number of amides is 1. The number of carbonyl (C=O) groups is 1. The second kappa shape index (κ2) is 6.36. The van der Waals surface area contributed by atoms with E-state index in [-0.39, 0.29) is 10.8 Å². The molecule has 0 aromatic carbocycles. The molecular formula is C14H20N6O3S. The summed E-state index contributed by atoms with van der Waals surface area (Å²) in [5, 5.41) is 8.03. The van der Waals surface area contributed by atoms with Crippen LogP contribution < -0.4 is 9.62 Å². The van der Waals surface area contributed by atoms with Crippen LogP contribution in [-0.4, -0.2) is 46.5 Å². The summed E-state index contributed by atoms with van der Waals surface area (Å²) < 4.78 is 30.5. The fourth-order valence-corrected chi connectivity index (χ4v) is 4.01. The third-order valence-corrected chi connectivity index (χ3v) is 5.42. The zero-order valence-corrected chi connectivity index (χ0v) is 14.4. The van der Waals surface area contributed by atoms with Crippen LogP contribution in [0, 0.1) is 0 Å². The first-order valence-electron chi connectivity index (χ1n) is 7.76. The highest BCUT2D eigenvalue weighted by atomic mass is 32.2. The van der Waals surface area contributed by atoms with Crippen molar-refractivity contribution < 1.29 is 13.2 Å². The zero-order valence-electron chi connectivity index (χ0n) is 13.6. The number of carbonyl (C=O) groups excluding carboxylic acids is 1. The van der Waals surface area contributed by atoms with Crippen LogP contribution in [0.25, 0.3) is 0 Å². The van der Waals surface area contributed by atoms with Gasteiger partial charge in [-0.15, -0.1) is 0 Å². The van der Waals surface area contributed by atoms with Gasteiger partial charge in [-0.2, -0.15) is 14.9 Å². The van der Waals surface area contributed by atoms with Gasteiger partial charge in [0.25, 0.3) is 0 Å². The van der Waals surface area contributed by atoms with Crippen LogP contribution >= 0.6 is 0 Å². The largest absolute Gasteiger partial charge is 0.296 e. The van der Waals surface area contributed by atoms with Crippen molar-refractivity contribution in [3.05, 3.63) is 24.7 Å². The predicted octanol–water partition coefficient (Wildman–Crippen LogP) is 0.110. The molecule has 1 atom stereocenters. The van der Waals surface area contributed by atoms with Crippen LogP contribution in [0.1, 0.15) is 19.8 Å². The molecule has 10 heteroatoms. The van der Waals surface area contributed by atoms with Crippen molar-refractivity contribution in [1.29, 1.82) is 0 Å². The molecule has 0 aliphatic carbocycles. The zero-order chi connectivity index (χ0) is 17.3. The Morgan fingerprint density at radius 1 is 1.38 bits per heavy atom. The number of nitrogens with one attached hydrogen (secondary N) is 1. The SMILES string of the molecule is CCn1nccc1N1CCC[C@H](NS(=O)(=O)c2cnn(C)c2)C1=O. The highest BCUT2D eigenvalue weighted by molar-refractivity contribution is 7.89. The van der Waals surface area contributed by atoms with Crippen LogP contribution in [0.15, 0.2) is 29.6 Å². The Bertz CT molecular complexity index is 840. The summed E-state index contributed by atoms with van der Waals surface area (Å²) >= 11 is 0. The average molecular weight is 352 g/mol. The predicted molar refractivity (Wildman–Crippen MR) is 86.8 cm³/mol. The molecule has 1 amide bonds. The van der Waals surface area contributed by atoms with Gasteiger partial charge in [-0.3, -0.25) is 14.4 Å². The van der Waals surface area contributed by atoms with Gasteiger partial charge < -0.3 is 0 Å². The van der Waals surface area contributed by atoms with E-state index in [9.17, 15) is 13.2 Å². The van der Waals surface area contributed by atoms with Crippen molar-refractivity contribution in [2.75, 3.05) is 11.4 Å². The second-order valence-electron chi connectivity index (χ2n) is 5.66. The minimum Gasteiger partial charge on any atom is -0.296 e. The van der Waals surface area contributed by atoms with Crippen molar-refractivity contribution in [3.63, 3.8) is 0 Å². The molecule has 0 spiro atoms. The Morgan fingerprint density at radius 3 is 2.83 bits per heavy atom. The topological polar surface area (TPSA) is 102 Å². The van der Waals surface area contributed by atoms with Gasteiger partial charge in [0.1, 0.15) is 16.8 Å².